The van der Waals surface area contributed by atoms with Crippen LogP contribution in [0.2, 0.25) is 0 Å². The van der Waals surface area contributed by atoms with Crippen LogP contribution in [0.5, 0.6) is 0 Å². The summed E-state index contributed by atoms with van der Waals surface area (Å²) in [6.45, 7) is 5.60. The predicted octanol–water partition coefficient (Wildman–Crippen LogP) is 4.84. The van der Waals surface area contributed by atoms with Crippen LogP contribution in [0, 0.1) is 40.9 Å². The number of hydrogen-bond acceptors (Lipinski definition) is 2. The van der Waals surface area contributed by atoms with E-state index in [1.165, 1.54) is 0 Å². The molecule has 0 amide bonds. The molecule has 0 aromatic carbocycles. The topological polar surface area (TPSA) is 37.3 Å². The third-order valence-corrected chi connectivity index (χ3v) is 8.78. The molecule has 2 nitrogen and oxygen atoms in total. The van der Waals surface area contributed by atoms with Gasteiger partial charge in [-0.05, 0) is 87.9 Å². The standard InChI is InChI=1S/C21H32F2O2/c1-12(24)16-4-5-17-15-10-21(22,23)18-11-19(2,25)8-6-14(18)13(15)7-9-20(16,17)3/h13-18,25H,4-11H2,1-3H3/t13-,14-,15-,16-,17+,18+,19+,20-/m1/s1. The first-order valence-corrected chi connectivity index (χ1v) is 10.2. The molecule has 0 bridgehead atoms. The zero-order valence-electron chi connectivity index (χ0n) is 15.7. The number of rotatable bonds is 1. The lowest BCUT2D eigenvalue weighted by Crippen LogP contribution is -2.57. The van der Waals surface area contributed by atoms with E-state index in [1.54, 1.807) is 13.8 Å². The molecule has 0 aromatic rings. The van der Waals surface area contributed by atoms with Crippen LogP contribution in [0.4, 0.5) is 8.78 Å². The van der Waals surface area contributed by atoms with Gasteiger partial charge in [-0.2, -0.15) is 0 Å². The maximum atomic E-state index is 15.1. The first-order valence-electron chi connectivity index (χ1n) is 10.2. The summed E-state index contributed by atoms with van der Waals surface area (Å²) in [5.41, 5.74) is -1.01. The highest BCUT2D eigenvalue weighted by molar-refractivity contribution is 5.79. The minimum atomic E-state index is -2.68. The Morgan fingerprint density at radius 2 is 1.60 bits per heavy atom. The molecule has 0 aromatic heterocycles. The molecule has 142 valence electrons. The van der Waals surface area contributed by atoms with E-state index in [9.17, 15) is 9.90 Å². The van der Waals surface area contributed by atoms with Crippen LogP contribution in [-0.4, -0.2) is 22.4 Å². The molecule has 4 aliphatic carbocycles. The van der Waals surface area contributed by atoms with Crippen LogP contribution >= 0.6 is 0 Å². The maximum absolute atomic E-state index is 15.1. The lowest BCUT2D eigenvalue weighted by atomic mass is 9.48. The van der Waals surface area contributed by atoms with Crippen LogP contribution < -0.4 is 0 Å². The summed E-state index contributed by atoms with van der Waals surface area (Å²) >= 11 is 0. The van der Waals surface area contributed by atoms with Gasteiger partial charge in [0.1, 0.15) is 5.78 Å². The normalized spacial score (nSPS) is 54.3. The van der Waals surface area contributed by atoms with Crippen molar-refractivity contribution in [1.29, 1.82) is 0 Å². The van der Waals surface area contributed by atoms with Gasteiger partial charge in [-0.25, -0.2) is 8.78 Å². The first kappa shape index (κ1) is 17.9. The summed E-state index contributed by atoms with van der Waals surface area (Å²) in [5.74, 6) is -2.28. The Balaban J connectivity index is 1.64. The van der Waals surface area contributed by atoms with Crippen LogP contribution in [0.1, 0.15) is 72.1 Å². The fourth-order valence-electron chi connectivity index (χ4n) is 7.66. The van der Waals surface area contributed by atoms with E-state index in [0.29, 0.717) is 12.3 Å². The highest BCUT2D eigenvalue weighted by Gasteiger charge is 2.64. The number of carbonyl (C=O) groups excluding carboxylic acids is 1. The monoisotopic (exact) mass is 354 g/mol. The molecule has 4 rings (SSSR count). The lowest BCUT2D eigenvalue weighted by molar-refractivity contribution is -0.210. The molecule has 0 spiro atoms. The summed E-state index contributed by atoms with van der Waals surface area (Å²) in [6.07, 6.45) is 5.40. The van der Waals surface area contributed by atoms with E-state index >= 15 is 8.78 Å². The smallest absolute Gasteiger partial charge is 0.251 e. The molecule has 4 saturated carbocycles. The van der Waals surface area contributed by atoms with Crippen molar-refractivity contribution in [3.05, 3.63) is 0 Å². The minimum absolute atomic E-state index is 0.0280. The number of ketones is 1. The maximum Gasteiger partial charge on any atom is 0.251 e. The molecule has 8 atom stereocenters. The summed E-state index contributed by atoms with van der Waals surface area (Å²) < 4.78 is 30.2. The summed E-state index contributed by atoms with van der Waals surface area (Å²) in [5, 5.41) is 10.4. The van der Waals surface area contributed by atoms with Gasteiger partial charge in [0.15, 0.2) is 0 Å². The number of fused-ring (bicyclic) bond motifs is 5. The highest BCUT2D eigenvalue weighted by atomic mass is 19.3. The van der Waals surface area contributed by atoms with Crippen molar-refractivity contribution >= 4 is 5.78 Å². The SMILES string of the molecule is CC(=O)[C@H]1CC[C@H]2[C@@H]3CC(F)(F)[C@H]4C[C@@](C)(O)CC[C@@H]4[C@H]3CC[C@]12C. The van der Waals surface area contributed by atoms with E-state index in [2.05, 4.69) is 6.92 Å². The number of Topliss-reactive ketones (excluding diaryl/α,β-unsaturated/α-hetero) is 1. The number of alkyl halides is 2. The summed E-state index contributed by atoms with van der Waals surface area (Å²) in [4.78, 5) is 12.1. The van der Waals surface area contributed by atoms with Crippen molar-refractivity contribution in [3.63, 3.8) is 0 Å². The predicted molar refractivity (Wildman–Crippen MR) is 92.2 cm³/mol. The van der Waals surface area contributed by atoms with Crippen molar-refractivity contribution in [1.82, 2.24) is 0 Å². The Morgan fingerprint density at radius 3 is 2.28 bits per heavy atom. The third kappa shape index (κ3) is 2.61. The quantitative estimate of drug-likeness (QED) is 0.731. The van der Waals surface area contributed by atoms with Gasteiger partial charge < -0.3 is 5.11 Å². The fraction of sp³-hybridized carbons (Fsp3) is 0.952. The van der Waals surface area contributed by atoms with Gasteiger partial charge in [-0.3, -0.25) is 4.79 Å². The van der Waals surface area contributed by atoms with Gasteiger partial charge in [0.25, 0.3) is 5.92 Å². The molecule has 0 unspecified atom stereocenters. The molecule has 4 fully saturated rings. The van der Waals surface area contributed by atoms with Crippen LogP contribution in [-0.2, 0) is 4.79 Å². The fourth-order valence-corrected chi connectivity index (χ4v) is 7.66. The van der Waals surface area contributed by atoms with Crippen molar-refractivity contribution in [2.75, 3.05) is 0 Å². The van der Waals surface area contributed by atoms with E-state index in [-0.39, 0.29) is 47.7 Å². The molecular weight excluding hydrogens is 322 g/mol. The molecule has 1 N–H and O–H groups in total. The first-order chi connectivity index (χ1) is 11.6. The van der Waals surface area contributed by atoms with E-state index in [0.717, 1.165) is 32.1 Å². The van der Waals surface area contributed by atoms with Gasteiger partial charge >= 0.3 is 0 Å². The molecular formula is C21H32F2O2. The second kappa shape index (κ2) is 5.50. The lowest BCUT2D eigenvalue weighted by Gasteiger charge is -2.58. The second-order valence-corrected chi connectivity index (χ2v) is 10.2. The number of carbonyl (C=O) groups is 1. The molecule has 0 aliphatic heterocycles. The Morgan fingerprint density at radius 1 is 0.920 bits per heavy atom. The van der Waals surface area contributed by atoms with Gasteiger partial charge in [-0.15, -0.1) is 0 Å². The minimum Gasteiger partial charge on any atom is -0.390 e. The summed E-state index contributed by atoms with van der Waals surface area (Å²) in [6, 6.07) is 0. The van der Waals surface area contributed by atoms with Gasteiger partial charge in [0.05, 0.1) is 5.60 Å². The largest absolute Gasteiger partial charge is 0.390 e. The van der Waals surface area contributed by atoms with Gasteiger partial charge in [-0.1, -0.05) is 6.92 Å². The van der Waals surface area contributed by atoms with Gasteiger partial charge in [0.2, 0.25) is 0 Å². The number of aliphatic hydroxyl groups is 1. The average molecular weight is 354 g/mol. The molecule has 25 heavy (non-hydrogen) atoms. The molecule has 0 radical (unpaired) electrons. The Bertz CT molecular complexity index is 572. The summed E-state index contributed by atoms with van der Waals surface area (Å²) in [7, 11) is 0. The zero-order valence-corrected chi connectivity index (χ0v) is 15.7. The number of halogens is 2. The van der Waals surface area contributed by atoms with Crippen molar-refractivity contribution in [2.24, 2.45) is 40.9 Å². The molecule has 0 saturated heterocycles. The zero-order chi connectivity index (χ0) is 18.2. The van der Waals surface area contributed by atoms with Crippen molar-refractivity contribution in [3.8, 4) is 0 Å². The third-order valence-electron chi connectivity index (χ3n) is 8.78. The van der Waals surface area contributed by atoms with E-state index in [1.807, 2.05) is 0 Å². The molecule has 0 heterocycles. The second-order valence-electron chi connectivity index (χ2n) is 10.2. The van der Waals surface area contributed by atoms with Crippen LogP contribution in [0.15, 0.2) is 0 Å². The van der Waals surface area contributed by atoms with Crippen molar-refractivity contribution in [2.45, 2.75) is 83.7 Å². The van der Waals surface area contributed by atoms with E-state index < -0.39 is 17.4 Å². The number of hydrogen-bond donors (Lipinski definition) is 1. The van der Waals surface area contributed by atoms with Crippen molar-refractivity contribution < 1.29 is 18.7 Å². The van der Waals surface area contributed by atoms with E-state index in [4.69, 9.17) is 0 Å². The van der Waals surface area contributed by atoms with Crippen LogP contribution in [0.3, 0.4) is 0 Å². The Hall–Kier alpha value is -0.510. The average Bonchev–Trinajstić information content (AvgIpc) is 2.84. The molecule has 4 aliphatic rings. The van der Waals surface area contributed by atoms with Gasteiger partial charge in [0, 0.05) is 18.3 Å². The van der Waals surface area contributed by atoms with Crippen LogP contribution in [0.25, 0.3) is 0 Å². The Kier molecular flexibility index (Phi) is 3.93. The molecule has 4 heteroatoms. The Labute approximate surface area is 149 Å². The highest BCUT2D eigenvalue weighted by Crippen LogP contribution is 2.66.